The molecule has 3 heteroatoms. The number of fused-ring (bicyclic) bond motifs is 1. The van der Waals surface area contributed by atoms with Crippen LogP contribution >= 0.6 is 0 Å². The molecule has 2 rings (SSSR count). The maximum atomic E-state index is 10.7. The Labute approximate surface area is 87.6 Å². The highest BCUT2D eigenvalue weighted by Gasteiger charge is 2.12. The topological polar surface area (TPSA) is 41.2 Å². The smallest absolute Gasteiger partial charge is 0.370 e. The molecule has 0 radical (unpaired) electrons. The normalized spacial score (nSPS) is 10.5. The molecule has 2 aromatic rings. The maximum Gasteiger partial charge on any atom is 0.370 e. The molecule has 1 N–H and O–H groups in total. The van der Waals surface area contributed by atoms with Crippen molar-refractivity contribution in [2.24, 2.45) is 0 Å². The van der Waals surface area contributed by atoms with Crippen molar-refractivity contribution in [3.8, 4) is 0 Å². The van der Waals surface area contributed by atoms with E-state index in [1.807, 2.05) is 43.5 Å². The minimum atomic E-state index is -0.825. The molecule has 0 saturated carbocycles. The Morgan fingerprint density at radius 1 is 1.33 bits per heavy atom. The average Bonchev–Trinajstić information content (AvgIpc) is 2.22. The van der Waals surface area contributed by atoms with Gasteiger partial charge in [0.05, 0.1) is 0 Å². The van der Waals surface area contributed by atoms with Crippen molar-refractivity contribution in [1.29, 1.82) is 0 Å². The molecule has 0 spiro atoms. The van der Waals surface area contributed by atoms with Crippen LogP contribution in [0.4, 0.5) is 0 Å². The zero-order chi connectivity index (χ0) is 10.8. The van der Waals surface area contributed by atoms with E-state index in [4.69, 9.17) is 5.11 Å². The number of benzene rings is 1. The number of carboxylic acid groups (broad SMARTS) is 1. The Bertz CT molecular complexity index is 520. The van der Waals surface area contributed by atoms with Gasteiger partial charge in [0.25, 0.3) is 0 Å². The van der Waals surface area contributed by atoms with Crippen LogP contribution < -0.4 is 4.57 Å². The largest absolute Gasteiger partial charge is 0.477 e. The molecule has 3 nitrogen and oxygen atoms in total. The van der Waals surface area contributed by atoms with Gasteiger partial charge in [-0.1, -0.05) is 12.1 Å². The molecular weight excluding hydrogens is 190 g/mol. The molecule has 0 unspecified atom stereocenters. The molecule has 1 aromatic carbocycles. The van der Waals surface area contributed by atoms with Crippen molar-refractivity contribution in [2.75, 3.05) is 0 Å². The van der Waals surface area contributed by atoms with Crippen molar-refractivity contribution in [3.63, 3.8) is 0 Å². The van der Waals surface area contributed by atoms with Crippen LogP contribution in [0.2, 0.25) is 0 Å². The minimum absolute atomic E-state index is 0.000787. The Kier molecular flexibility index (Phi) is 2.37. The summed E-state index contributed by atoms with van der Waals surface area (Å²) in [6.45, 7) is 2.02. The van der Waals surface area contributed by atoms with Gasteiger partial charge in [0.15, 0.2) is 6.20 Å². The van der Waals surface area contributed by atoms with Gasteiger partial charge in [0.2, 0.25) is 12.1 Å². The van der Waals surface area contributed by atoms with Gasteiger partial charge in [-0.05, 0) is 18.6 Å². The molecule has 1 aromatic heterocycles. The highest BCUT2D eigenvalue weighted by Crippen LogP contribution is 2.13. The fraction of sp³-hybridized carbons (Fsp3) is 0.167. The summed E-state index contributed by atoms with van der Waals surface area (Å²) in [5, 5.41) is 9.87. The van der Waals surface area contributed by atoms with Crippen LogP contribution in [0.5, 0.6) is 0 Å². The maximum absolute atomic E-state index is 10.7. The fourth-order valence-corrected chi connectivity index (χ4v) is 1.71. The van der Waals surface area contributed by atoms with Gasteiger partial charge in [-0.3, -0.25) is 0 Å². The first-order valence-corrected chi connectivity index (χ1v) is 4.78. The van der Waals surface area contributed by atoms with Crippen LogP contribution in [0, 0.1) is 6.92 Å². The molecular formula is C12H12NO2+. The number of hydrogen-bond acceptors (Lipinski definition) is 1. The van der Waals surface area contributed by atoms with E-state index in [2.05, 4.69) is 0 Å². The van der Waals surface area contributed by atoms with E-state index in [0.29, 0.717) is 0 Å². The van der Waals surface area contributed by atoms with Gasteiger partial charge in [-0.2, -0.15) is 4.57 Å². The van der Waals surface area contributed by atoms with Crippen molar-refractivity contribution in [2.45, 2.75) is 13.5 Å². The second-order valence-corrected chi connectivity index (χ2v) is 3.54. The van der Waals surface area contributed by atoms with E-state index in [1.54, 1.807) is 4.57 Å². The molecule has 0 saturated heterocycles. The fourth-order valence-electron chi connectivity index (χ4n) is 1.71. The molecule has 1 heterocycles. The number of hydrogen-bond donors (Lipinski definition) is 1. The van der Waals surface area contributed by atoms with Gasteiger partial charge >= 0.3 is 5.97 Å². The highest BCUT2D eigenvalue weighted by atomic mass is 16.4. The molecule has 0 fully saturated rings. The van der Waals surface area contributed by atoms with E-state index in [1.165, 1.54) is 0 Å². The lowest BCUT2D eigenvalue weighted by Crippen LogP contribution is -2.38. The third-order valence-corrected chi connectivity index (χ3v) is 2.45. The molecule has 0 bridgehead atoms. The number of aliphatic carboxylic acids is 1. The van der Waals surface area contributed by atoms with Crippen LogP contribution in [0.15, 0.2) is 36.5 Å². The summed E-state index contributed by atoms with van der Waals surface area (Å²) in [6, 6.07) is 9.75. The first kappa shape index (κ1) is 9.65. The Morgan fingerprint density at radius 3 is 2.80 bits per heavy atom. The van der Waals surface area contributed by atoms with Gasteiger partial charge < -0.3 is 5.11 Å². The van der Waals surface area contributed by atoms with E-state index in [0.717, 1.165) is 16.5 Å². The number of carboxylic acids is 1. The predicted molar refractivity (Wildman–Crippen MR) is 56.5 cm³/mol. The Hall–Kier alpha value is -1.90. The van der Waals surface area contributed by atoms with Crippen molar-refractivity contribution < 1.29 is 14.5 Å². The highest BCUT2D eigenvalue weighted by molar-refractivity contribution is 5.79. The number of pyridine rings is 1. The molecule has 0 aliphatic heterocycles. The summed E-state index contributed by atoms with van der Waals surface area (Å²) in [5.74, 6) is -0.825. The SMILES string of the molecule is Cc1cc[n+](CC(=O)O)c2ccccc12. The predicted octanol–water partition coefficient (Wildman–Crippen LogP) is 1.52. The summed E-state index contributed by atoms with van der Waals surface area (Å²) < 4.78 is 1.74. The first-order chi connectivity index (χ1) is 7.18. The van der Waals surface area contributed by atoms with Gasteiger partial charge in [0, 0.05) is 17.5 Å². The molecule has 0 aliphatic carbocycles. The second kappa shape index (κ2) is 3.69. The lowest BCUT2D eigenvalue weighted by Gasteiger charge is -2.01. The third-order valence-electron chi connectivity index (χ3n) is 2.45. The van der Waals surface area contributed by atoms with Gasteiger partial charge in [0.1, 0.15) is 0 Å². The van der Waals surface area contributed by atoms with Gasteiger partial charge in [-0.25, -0.2) is 4.79 Å². The molecule has 0 amide bonds. The van der Waals surface area contributed by atoms with Crippen LogP contribution in [0.25, 0.3) is 10.9 Å². The summed E-state index contributed by atoms with van der Waals surface area (Å²) >= 11 is 0. The monoisotopic (exact) mass is 202 g/mol. The zero-order valence-corrected chi connectivity index (χ0v) is 8.47. The number of aromatic nitrogens is 1. The second-order valence-electron chi connectivity index (χ2n) is 3.54. The quantitative estimate of drug-likeness (QED) is 0.750. The Balaban J connectivity index is 2.66. The number of aryl methyl sites for hydroxylation is 1. The van der Waals surface area contributed by atoms with Crippen LogP contribution in [0.3, 0.4) is 0 Å². The van der Waals surface area contributed by atoms with E-state index in [9.17, 15) is 4.79 Å². The molecule has 0 aliphatic rings. The van der Waals surface area contributed by atoms with E-state index in [-0.39, 0.29) is 6.54 Å². The van der Waals surface area contributed by atoms with E-state index >= 15 is 0 Å². The van der Waals surface area contributed by atoms with Gasteiger partial charge in [-0.15, -0.1) is 0 Å². The third kappa shape index (κ3) is 1.81. The van der Waals surface area contributed by atoms with Crippen molar-refractivity contribution in [1.82, 2.24) is 0 Å². The summed E-state index contributed by atoms with van der Waals surface area (Å²) in [4.78, 5) is 10.7. The van der Waals surface area contributed by atoms with Crippen LogP contribution in [-0.4, -0.2) is 11.1 Å². The van der Waals surface area contributed by atoms with Crippen LogP contribution in [-0.2, 0) is 11.3 Å². The molecule has 15 heavy (non-hydrogen) atoms. The van der Waals surface area contributed by atoms with Crippen LogP contribution in [0.1, 0.15) is 5.56 Å². The summed E-state index contributed by atoms with van der Waals surface area (Å²) in [6.07, 6.45) is 1.81. The van der Waals surface area contributed by atoms with Crippen molar-refractivity contribution >= 4 is 16.9 Å². The average molecular weight is 202 g/mol. The Morgan fingerprint density at radius 2 is 2.07 bits per heavy atom. The zero-order valence-electron chi connectivity index (χ0n) is 8.47. The number of rotatable bonds is 2. The number of carbonyl (C=O) groups is 1. The number of nitrogens with zero attached hydrogens (tertiary/aromatic N) is 1. The molecule has 76 valence electrons. The summed E-state index contributed by atoms with van der Waals surface area (Å²) in [5.41, 5.74) is 2.12. The number of para-hydroxylation sites is 1. The lowest BCUT2D eigenvalue weighted by atomic mass is 10.1. The molecule has 0 atom stereocenters. The standard InChI is InChI=1S/C12H11NO2/c1-9-6-7-13(8-12(14)15)11-5-3-2-4-10(9)11/h2-7H,8H2,1H3/p+1. The summed E-state index contributed by atoms with van der Waals surface area (Å²) in [7, 11) is 0. The van der Waals surface area contributed by atoms with Crippen molar-refractivity contribution in [3.05, 3.63) is 42.1 Å². The lowest BCUT2D eigenvalue weighted by molar-refractivity contribution is -0.660. The van der Waals surface area contributed by atoms with E-state index < -0.39 is 5.97 Å². The first-order valence-electron chi connectivity index (χ1n) is 4.78. The minimum Gasteiger partial charge on any atom is -0.477 e.